The molecule has 0 bridgehead atoms. The van der Waals surface area contributed by atoms with Crippen molar-refractivity contribution in [3.63, 3.8) is 0 Å². The zero-order valence-electron chi connectivity index (χ0n) is 18.0. The predicted octanol–water partition coefficient (Wildman–Crippen LogP) is 4.34. The van der Waals surface area contributed by atoms with Crippen molar-refractivity contribution in [2.24, 2.45) is 5.92 Å². The Morgan fingerprint density at radius 1 is 1.13 bits per heavy atom. The van der Waals surface area contributed by atoms with E-state index >= 15 is 0 Å². The molecular weight excluding hydrogens is 376 g/mol. The fourth-order valence-electron chi connectivity index (χ4n) is 4.47. The van der Waals surface area contributed by atoms with E-state index in [1.54, 1.807) is 14.2 Å². The lowest BCUT2D eigenvalue weighted by molar-refractivity contribution is -0.118. The number of para-hydroxylation sites is 1. The number of benzene rings is 2. The van der Waals surface area contributed by atoms with Gasteiger partial charge in [0.2, 0.25) is 5.91 Å². The van der Waals surface area contributed by atoms with Crippen molar-refractivity contribution < 1.29 is 14.3 Å². The molecule has 0 aromatic heterocycles. The Morgan fingerprint density at radius 3 is 2.70 bits per heavy atom. The maximum Gasteiger partial charge on any atom is 0.231 e. The van der Waals surface area contributed by atoms with Crippen LogP contribution in [0.2, 0.25) is 0 Å². The van der Waals surface area contributed by atoms with Gasteiger partial charge in [0.1, 0.15) is 0 Å². The van der Waals surface area contributed by atoms with E-state index in [2.05, 4.69) is 35.5 Å². The first-order chi connectivity index (χ1) is 14.6. The van der Waals surface area contributed by atoms with E-state index in [1.807, 2.05) is 30.3 Å². The molecule has 0 saturated carbocycles. The molecule has 5 nitrogen and oxygen atoms in total. The molecule has 1 N–H and O–H groups in total. The van der Waals surface area contributed by atoms with Gasteiger partial charge in [-0.25, -0.2) is 0 Å². The van der Waals surface area contributed by atoms with Crippen LogP contribution in [0.5, 0.6) is 11.5 Å². The molecule has 30 heavy (non-hydrogen) atoms. The standard InChI is InChI=1S/C25H30N2O3/c1-27(16-20-13-19-14-23(29-2)24(30-3)15-21(19)20)12-6-8-18-11-10-17-7-4-5-9-22(17)26-25(18)28/h4-5,7,9-11,14-15,18,20H,6,8,12-13,16H2,1-3H3,(H,26,28)/t18?,20-/m0/s1. The zero-order chi connectivity index (χ0) is 21.1. The Balaban J connectivity index is 1.27. The quantitative estimate of drug-likeness (QED) is 0.709. The number of hydrogen-bond donors (Lipinski definition) is 1. The Hall–Kier alpha value is -2.79. The maximum absolute atomic E-state index is 12.5. The first-order valence-electron chi connectivity index (χ1n) is 10.6. The van der Waals surface area contributed by atoms with Crippen LogP contribution in [0.25, 0.3) is 6.08 Å². The summed E-state index contributed by atoms with van der Waals surface area (Å²) in [5.74, 6) is 2.15. The van der Waals surface area contributed by atoms with E-state index in [0.717, 1.165) is 55.1 Å². The largest absolute Gasteiger partial charge is 0.493 e. The second kappa shape index (κ2) is 8.92. The van der Waals surface area contributed by atoms with Crippen LogP contribution in [0.4, 0.5) is 5.69 Å². The number of nitrogens with one attached hydrogen (secondary N) is 1. The summed E-state index contributed by atoms with van der Waals surface area (Å²) >= 11 is 0. The number of methoxy groups -OCH3 is 2. The Bertz CT molecular complexity index is 953. The number of hydrogen-bond acceptors (Lipinski definition) is 4. The Labute approximate surface area is 178 Å². The van der Waals surface area contributed by atoms with E-state index in [0.29, 0.717) is 5.92 Å². The summed E-state index contributed by atoms with van der Waals surface area (Å²) in [6.07, 6.45) is 7.03. The SMILES string of the molecule is COc1cc2c(cc1OC)[C@H](CN(C)CCCC1C=Cc3ccccc3NC1=O)C2. The molecule has 2 aromatic rings. The molecule has 1 aliphatic heterocycles. The number of carbonyl (C=O) groups excluding carboxylic acids is 1. The topological polar surface area (TPSA) is 50.8 Å². The molecule has 0 fully saturated rings. The molecule has 0 spiro atoms. The minimum absolute atomic E-state index is 0.0769. The van der Waals surface area contributed by atoms with Crippen LogP contribution in [0.1, 0.15) is 35.4 Å². The van der Waals surface area contributed by atoms with Crippen molar-refractivity contribution in [1.82, 2.24) is 4.90 Å². The smallest absolute Gasteiger partial charge is 0.231 e. The van der Waals surface area contributed by atoms with Crippen LogP contribution in [0, 0.1) is 5.92 Å². The molecule has 2 atom stereocenters. The Kier molecular flexibility index (Phi) is 6.09. The minimum atomic E-state index is -0.0769. The maximum atomic E-state index is 12.5. The number of rotatable bonds is 8. The van der Waals surface area contributed by atoms with Crippen molar-refractivity contribution in [3.05, 3.63) is 59.2 Å². The zero-order valence-corrected chi connectivity index (χ0v) is 18.0. The molecule has 4 rings (SSSR count). The molecule has 2 aliphatic rings. The number of amides is 1. The molecule has 5 heteroatoms. The van der Waals surface area contributed by atoms with Crippen LogP contribution in [0.3, 0.4) is 0 Å². The summed E-state index contributed by atoms with van der Waals surface area (Å²) in [5.41, 5.74) is 4.68. The van der Waals surface area contributed by atoms with Gasteiger partial charge < -0.3 is 19.7 Å². The van der Waals surface area contributed by atoms with Gasteiger partial charge in [0.25, 0.3) is 0 Å². The lowest BCUT2D eigenvalue weighted by Gasteiger charge is -2.34. The first kappa shape index (κ1) is 20.5. The number of likely N-dealkylation sites (N-methyl/N-ethyl adjacent to an activating group) is 1. The molecule has 0 radical (unpaired) electrons. The Morgan fingerprint density at radius 2 is 1.90 bits per heavy atom. The number of nitrogens with zero attached hydrogens (tertiary/aromatic N) is 1. The summed E-state index contributed by atoms with van der Waals surface area (Å²) in [6.45, 7) is 1.99. The molecule has 1 amide bonds. The highest BCUT2D eigenvalue weighted by atomic mass is 16.5. The first-order valence-corrected chi connectivity index (χ1v) is 10.6. The van der Waals surface area contributed by atoms with Gasteiger partial charge in [-0.3, -0.25) is 4.79 Å². The molecule has 1 aliphatic carbocycles. The number of carbonyl (C=O) groups is 1. The van der Waals surface area contributed by atoms with Gasteiger partial charge in [0.05, 0.1) is 20.1 Å². The summed E-state index contributed by atoms with van der Waals surface area (Å²) in [6, 6.07) is 12.1. The second-order valence-electron chi connectivity index (χ2n) is 8.25. The number of fused-ring (bicyclic) bond motifs is 2. The third-order valence-electron chi connectivity index (χ3n) is 6.20. The fraction of sp³-hybridized carbons (Fsp3) is 0.400. The average molecular weight is 407 g/mol. The molecular formula is C25H30N2O3. The third-order valence-corrected chi connectivity index (χ3v) is 6.20. The summed E-state index contributed by atoms with van der Waals surface area (Å²) in [4.78, 5) is 14.9. The lowest BCUT2D eigenvalue weighted by atomic mass is 9.77. The number of anilines is 1. The minimum Gasteiger partial charge on any atom is -0.493 e. The monoisotopic (exact) mass is 406 g/mol. The summed E-state index contributed by atoms with van der Waals surface area (Å²) in [7, 11) is 5.52. The van der Waals surface area contributed by atoms with Crippen LogP contribution in [-0.4, -0.2) is 45.2 Å². The van der Waals surface area contributed by atoms with Gasteiger partial charge in [-0.05, 0) is 67.7 Å². The van der Waals surface area contributed by atoms with Crippen molar-refractivity contribution >= 4 is 17.7 Å². The van der Waals surface area contributed by atoms with Crippen LogP contribution in [0.15, 0.2) is 42.5 Å². The van der Waals surface area contributed by atoms with Crippen molar-refractivity contribution in [1.29, 1.82) is 0 Å². The fourth-order valence-corrected chi connectivity index (χ4v) is 4.47. The summed E-state index contributed by atoms with van der Waals surface area (Å²) < 4.78 is 10.8. The highest BCUT2D eigenvalue weighted by Gasteiger charge is 2.29. The van der Waals surface area contributed by atoms with Gasteiger partial charge >= 0.3 is 0 Å². The van der Waals surface area contributed by atoms with E-state index in [-0.39, 0.29) is 11.8 Å². The van der Waals surface area contributed by atoms with Crippen LogP contribution >= 0.6 is 0 Å². The highest BCUT2D eigenvalue weighted by molar-refractivity contribution is 5.97. The van der Waals surface area contributed by atoms with Crippen LogP contribution < -0.4 is 14.8 Å². The molecule has 158 valence electrons. The van der Waals surface area contributed by atoms with Crippen molar-refractivity contribution in [2.45, 2.75) is 25.2 Å². The van der Waals surface area contributed by atoms with Crippen LogP contribution in [-0.2, 0) is 11.2 Å². The molecule has 2 aromatic carbocycles. The van der Waals surface area contributed by atoms with Gasteiger partial charge in [-0.2, -0.15) is 0 Å². The van der Waals surface area contributed by atoms with E-state index in [4.69, 9.17) is 9.47 Å². The van der Waals surface area contributed by atoms with E-state index < -0.39 is 0 Å². The number of ether oxygens (including phenoxy) is 2. The van der Waals surface area contributed by atoms with Crippen molar-refractivity contribution in [2.75, 3.05) is 39.7 Å². The summed E-state index contributed by atoms with van der Waals surface area (Å²) in [5, 5.41) is 3.06. The predicted molar refractivity (Wildman–Crippen MR) is 120 cm³/mol. The van der Waals surface area contributed by atoms with Gasteiger partial charge in [0, 0.05) is 18.2 Å². The molecule has 0 saturated heterocycles. The van der Waals surface area contributed by atoms with E-state index in [1.165, 1.54) is 11.1 Å². The second-order valence-corrected chi connectivity index (χ2v) is 8.25. The molecule has 1 unspecified atom stereocenters. The van der Waals surface area contributed by atoms with Gasteiger partial charge in [-0.15, -0.1) is 0 Å². The van der Waals surface area contributed by atoms with E-state index in [9.17, 15) is 4.79 Å². The lowest BCUT2D eigenvalue weighted by Crippen LogP contribution is -2.32. The normalized spacial score (nSPS) is 19.4. The molecule has 1 heterocycles. The van der Waals surface area contributed by atoms with Gasteiger partial charge in [0.15, 0.2) is 11.5 Å². The average Bonchev–Trinajstić information content (AvgIpc) is 2.90. The van der Waals surface area contributed by atoms with Crippen molar-refractivity contribution in [3.8, 4) is 11.5 Å². The highest BCUT2D eigenvalue weighted by Crippen LogP contribution is 2.42. The third kappa shape index (κ3) is 4.21. The van der Waals surface area contributed by atoms with Gasteiger partial charge in [-0.1, -0.05) is 30.4 Å².